The third-order valence-corrected chi connectivity index (χ3v) is 4.51. The molecule has 0 saturated heterocycles. The van der Waals surface area contributed by atoms with E-state index in [4.69, 9.17) is 16.0 Å². The maximum atomic E-state index is 12.3. The molecule has 140 valence electrons. The third-order valence-electron chi connectivity index (χ3n) is 4.26. The molecule has 0 saturated carbocycles. The molecule has 0 aliphatic rings. The van der Waals surface area contributed by atoms with Crippen LogP contribution in [0.15, 0.2) is 46.9 Å². The summed E-state index contributed by atoms with van der Waals surface area (Å²) < 4.78 is 5.68. The molecule has 7 heteroatoms. The minimum Gasteiger partial charge on any atom is -0.419 e. The standard InChI is InChI=1S/C20H21ClN4O2/c1-13-5-4-6-17(14(13)2)22-18(26)11-25(3)12-19-23-24-20(27-19)15-7-9-16(21)10-8-15/h4-10H,11-12H2,1-3H3,(H,22,26). The van der Waals surface area contributed by atoms with Crippen molar-refractivity contribution in [2.75, 3.05) is 18.9 Å². The minimum atomic E-state index is -0.0939. The average molecular weight is 385 g/mol. The monoisotopic (exact) mass is 384 g/mol. The summed E-state index contributed by atoms with van der Waals surface area (Å²) in [7, 11) is 1.83. The van der Waals surface area contributed by atoms with Crippen molar-refractivity contribution in [1.82, 2.24) is 15.1 Å². The summed E-state index contributed by atoms with van der Waals surface area (Å²) >= 11 is 5.89. The highest BCUT2D eigenvalue weighted by Crippen LogP contribution is 2.21. The van der Waals surface area contributed by atoms with Gasteiger partial charge < -0.3 is 9.73 Å². The molecule has 0 spiro atoms. The fourth-order valence-corrected chi connectivity index (χ4v) is 2.76. The highest BCUT2D eigenvalue weighted by atomic mass is 35.5. The molecule has 0 aliphatic carbocycles. The van der Waals surface area contributed by atoms with Gasteiger partial charge in [-0.05, 0) is 62.4 Å². The molecule has 3 aromatic rings. The number of rotatable bonds is 6. The fourth-order valence-electron chi connectivity index (χ4n) is 2.63. The Hall–Kier alpha value is -2.70. The van der Waals surface area contributed by atoms with Crippen molar-refractivity contribution in [3.63, 3.8) is 0 Å². The Bertz CT molecular complexity index is 937. The lowest BCUT2D eigenvalue weighted by Crippen LogP contribution is -2.30. The molecular formula is C20H21ClN4O2. The van der Waals surface area contributed by atoms with Gasteiger partial charge in [0.05, 0.1) is 13.1 Å². The molecule has 3 rings (SSSR count). The van der Waals surface area contributed by atoms with E-state index in [2.05, 4.69) is 15.5 Å². The summed E-state index contributed by atoms with van der Waals surface area (Å²) in [5.74, 6) is 0.778. The zero-order valence-electron chi connectivity index (χ0n) is 15.5. The first kappa shape index (κ1) is 19.1. The highest BCUT2D eigenvalue weighted by Gasteiger charge is 2.14. The van der Waals surface area contributed by atoms with Crippen molar-refractivity contribution in [3.05, 3.63) is 64.5 Å². The molecule has 0 radical (unpaired) electrons. The number of halogens is 1. The van der Waals surface area contributed by atoms with Gasteiger partial charge in [-0.2, -0.15) is 0 Å². The van der Waals surface area contributed by atoms with E-state index in [0.29, 0.717) is 23.3 Å². The van der Waals surface area contributed by atoms with Crippen molar-refractivity contribution < 1.29 is 9.21 Å². The Morgan fingerprint density at radius 2 is 1.89 bits per heavy atom. The zero-order chi connectivity index (χ0) is 19.4. The van der Waals surface area contributed by atoms with E-state index in [1.807, 2.05) is 56.1 Å². The van der Waals surface area contributed by atoms with Crippen molar-refractivity contribution in [3.8, 4) is 11.5 Å². The molecule has 1 N–H and O–H groups in total. The predicted molar refractivity (Wildman–Crippen MR) is 106 cm³/mol. The number of hydrogen-bond donors (Lipinski definition) is 1. The fraction of sp³-hybridized carbons (Fsp3) is 0.250. The molecule has 0 aliphatic heterocycles. The number of anilines is 1. The SMILES string of the molecule is Cc1cccc(NC(=O)CN(C)Cc2nnc(-c3ccc(Cl)cc3)o2)c1C. The van der Waals surface area contributed by atoms with E-state index in [9.17, 15) is 4.79 Å². The van der Waals surface area contributed by atoms with E-state index < -0.39 is 0 Å². The van der Waals surface area contributed by atoms with Gasteiger partial charge in [0, 0.05) is 16.3 Å². The first-order valence-corrected chi connectivity index (χ1v) is 8.93. The summed E-state index contributed by atoms with van der Waals surface area (Å²) in [5.41, 5.74) is 3.84. The summed E-state index contributed by atoms with van der Waals surface area (Å²) in [6, 6.07) is 13.0. The van der Waals surface area contributed by atoms with Crippen LogP contribution in [0, 0.1) is 13.8 Å². The van der Waals surface area contributed by atoms with Crippen LogP contribution >= 0.6 is 11.6 Å². The molecule has 6 nitrogen and oxygen atoms in total. The topological polar surface area (TPSA) is 71.3 Å². The lowest BCUT2D eigenvalue weighted by molar-refractivity contribution is -0.117. The number of amides is 1. The highest BCUT2D eigenvalue weighted by molar-refractivity contribution is 6.30. The van der Waals surface area contributed by atoms with Gasteiger partial charge in [0.15, 0.2) is 0 Å². The molecule has 1 heterocycles. The smallest absolute Gasteiger partial charge is 0.247 e. The molecule has 27 heavy (non-hydrogen) atoms. The van der Waals surface area contributed by atoms with Crippen LogP contribution in [-0.2, 0) is 11.3 Å². The molecular weight excluding hydrogens is 364 g/mol. The first-order chi connectivity index (χ1) is 12.9. The third kappa shape index (κ3) is 4.93. The predicted octanol–water partition coefficient (Wildman–Crippen LogP) is 4.08. The second-order valence-corrected chi connectivity index (χ2v) is 6.91. The van der Waals surface area contributed by atoms with Crippen LogP contribution in [0.2, 0.25) is 5.02 Å². The first-order valence-electron chi connectivity index (χ1n) is 8.55. The Morgan fingerprint density at radius 3 is 2.63 bits per heavy atom. The van der Waals surface area contributed by atoms with Crippen molar-refractivity contribution in [2.45, 2.75) is 20.4 Å². The van der Waals surface area contributed by atoms with Crippen molar-refractivity contribution >= 4 is 23.2 Å². The quantitative estimate of drug-likeness (QED) is 0.693. The summed E-state index contributed by atoms with van der Waals surface area (Å²) in [6.45, 7) is 4.60. The Morgan fingerprint density at radius 1 is 1.15 bits per heavy atom. The summed E-state index contributed by atoms with van der Waals surface area (Å²) in [4.78, 5) is 14.1. The van der Waals surface area contributed by atoms with E-state index in [1.54, 1.807) is 12.1 Å². The second-order valence-electron chi connectivity index (χ2n) is 6.48. The number of carbonyl (C=O) groups excluding carboxylic acids is 1. The van der Waals surface area contributed by atoms with E-state index in [0.717, 1.165) is 22.4 Å². The molecule has 0 fully saturated rings. The second kappa shape index (κ2) is 8.33. The van der Waals surface area contributed by atoms with Crippen LogP contribution in [0.25, 0.3) is 11.5 Å². The molecule has 0 atom stereocenters. The van der Waals surface area contributed by atoms with Gasteiger partial charge in [-0.1, -0.05) is 23.7 Å². The van der Waals surface area contributed by atoms with Crippen LogP contribution in [0.5, 0.6) is 0 Å². The molecule has 2 aromatic carbocycles. The summed E-state index contributed by atoms with van der Waals surface area (Å²) in [5, 5.41) is 11.7. The molecule has 1 amide bonds. The molecule has 0 unspecified atom stereocenters. The van der Waals surface area contributed by atoms with Gasteiger partial charge in [-0.3, -0.25) is 9.69 Å². The Kier molecular flexibility index (Phi) is 5.88. The molecule has 1 aromatic heterocycles. The minimum absolute atomic E-state index is 0.0939. The number of carbonyl (C=O) groups is 1. The molecule has 0 bridgehead atoms. The maximum absolute atomic E-state index is 12.3. The largest absolute Gasteiger partial charge is 0.419 e. The van der Waals surface area contributed by atoms with Crippen molar-refractivity contribution in [1.29, 1.82) is 0 Å². The van der Waals surface area contributed by atoms with Gasteiger partial charge in [0.1, 0.15) is 0 Å². The van der Waals surface area contributed by atoms with Gasteiger partial charge in [-0.15, -0.1) is 10.2 Å². The maximum Gasteiger partial charge on any atom is 0.247 e. The zero-order valence-corrected chi connectivity index (χ0v) is 16.2. The number of likely N-dealkylation sites (N-methyl/N-ethyl adjacent to an activating group) is 1. The Balaban J connectivity index is 1.57. The van der Waals surface area contributed by atoms with Crippen molar-refractivity contribution in [2.24, 2.45) is 0 Å². The number of nitrogens with one attached hydrogen (secondary N) is 1. The van der Waals surface area contributed by atoms with Gasteiger partial charge >= 0.3 is 0 Å². The van der Waals surface area contributed by atoms with Crippen LogP contribution in [0.1, 0.15) is 17.0 Å². The Labute approximate surface area is 163 Å². The van der Waals surface area contributed by atoms with E-state index in [-0.39, 0.29) is 12.5 Å². The van der Waals surface area contributed by atoms with Gasteiger partial charge in [0.25, 0.3) is 0 Å². The van der Waals surface area contributed by atoms with E-state index in [1.165, 1.54) is 0 Å². The number of hydrogen-bond acceptors (Lipinski definition) is 5. The average Bonchev–Trinajstić information content (AvgIpc) is 3.07. The number of nitrogens with zero attached hydrogens (tertiary/aromatic N) is 3. The van der Waals surface area contributed by atoms with E-state index >= 15 is 0 Å². The van der Waals surface area contributed by atoms with Crippen LogP contribution in [-0.4, -0.2) is 34.6 Å². The van der Waals surface area contributed by atoms with Gasteiger partial charge in [-0.25, -0.2) is 0 Å². The number of aromatic nitrogens is 2. The van der Waals surface area contributed by atoms with Crippen LogP contribution in [0.4, 0.5) is 5.69 Å². The normalized spacial score (nSPS) is 11.0. The number of aryl methyl sites for hydroxylation is 1. The summed E-state index contributed by atoms with van der Waals surface area (Å²) in [6.07, 6.45) is 0. The lowest BCUT2D eigenvalue weighted by Gasteiger charge is -2.15. The van der Waals surface area contributed by atoms with Gasteiger partial charge in [0.2, 0.25) is 17.7 Å². The van der Waals surface area contributed by atoms with Crippen LogP contribution < -0.4 is 5.32 Å². The lowest BCUT2D eigenvalue weighted by atomic mass is 10.1. The number of benzene rings is 2. The van der Waals surface area contributed by atoms with Crippen LogP contribution in [0.3, 0.4) is 0 Å².